The minimum Gasteiger partial charge on any atom is -0.488 e. The van der Waals surface area contributed by atoms with Crippen LogP contribution in [-0.4, -0.2) is 19.3 Å². The van der Waals surface area contributed by atoms with E-state index in [1.165, 1.54) is 5.56 Å². The van der Waals surface area contributed by atoms with Gasteiger partial charge in [-0.05, 0) is 94.3 Å². The van der Waals surface area contributed by atoms with Crippen molar-refractivity contribution < 1.29 is 17.9 Å². The van der Waals surface area contributed by atoms with Gasteiger partial charge in [0.25, 0.3) is 0 Å². The van der Waals surface area contributed by atoms with E-state index in [2.05, 4.69) is 38.1 Å². The van der Waals surface area contributed by atoms with Crippen LogP contribution in [-0.2, 0) is 15.3 Å². The van der Waals surface area contributed by atoms with Gasteiger partial charge in [0.05, 0.1) is 10.1 Å². The Morgan fingerprint density at radius 1 is 0.636 bits per heavy atom. The third kappa shape index (κ3) is 5.97. The average molecular weight is 467 g/mol. The molecule has 0 atom stereocenters. The van der Waals surface area contributed by atoms with Crippen LogP contribution in [0.2, 0.25) is 0 Å². The quantitative estimate of drug-likeness (QED) is 0.370. The Hall–Kier alpha value is -2.79. The van der Waals surface area contributed by atoms with Crippen molar-refractivity contribution in [1.82, 2.24) is 0 Å². The van der Waals surface area contributed by atoms with Crippen LogP contribution < -0.4 is 9.47 Å². The van der Waals surface area contributed by atoms with Crippen molar-refractivity contribution in [2.45, 2.75) is 69.6 Å². The molecule has 0 amide bonds. The molecule has 0 spiro atoms. The molecule has 0 aliphatic rings. The summed E-state index contributed by atoms with van der Waals surface area (Å²) in [4.78, 5) is 0.306. The second-order valence-corrected chi connectivity index (χ2v) is 12.6. The summed E-state index contributed by atoms with van der Waals surface area (Å²) >= 11 is 0. The Morgan fingerprint density at radius 2 is 1.03 bits per heavy atom. The lowest BCUT2D eigenvalue weighted by molar-refractivity contribution is 0.131. The van der Waals surface area contributed by atoms with Gasteiger partial charge in [-0.15, -0.1) is 0 Å². The van der Waals surface area contributed by atoms with Gasteiger partial charge in [0.1, 0.15) is 22.8 Å². The fourth-order valence-corrected chi connectivity index (χ4v) is 4.56. The minimum absolute atomic E-state index is 0.189. The van der Waals surface area contributed by atoms with Gasteiger partial charge in [-0.3, -0.25) is 0 Å². The Kier molecular flexibility index (Phi) is 6.94. The minimum atomic E-state index is -3.29. The summed E-state index contributed by atoms with van der Waals surface area (Å²) in [6.07, 6.45) is 0. The number of ether oxygens (including phenoxy) is 2. The van der Waals surface area contributed by atoms with E-state index < -0.39 is 15.1 Å². The van der Waals surface area contributed by atoms with E-state index in [4.69, 9.17) is 9.47 Å². The zero-order valence-corrected chi connectivity index (χ0v) is 21.4. The summed E-state index contributed by atoms with van der Waals surface area (Å²) in [6, 6.07) is 22.8. The maximum Gasteiger partial charge on any atom is 0.180 e. The Balaban J connectivity index is 1.73. The highest BCUT2D eigenvalue weighted by Gasteiger charge is 2.24. The summed E-state index contributed by atoms with van der Waals surface area (Å²) in [6.45, 7) is 13.9. The van der Waals surface area contributed by atoms with Crippen LogP contribution in [0.15, 0.2) is 77.7 Å². The molecule has 0 radical (unpaired) electrons. The van der Waals surface area contributed by atoms with Gasteiger partial charge < -0.3 is 9.47 Å². The van der Waals surface area contributed by atoms with Crippen LogP contribution in [0.1, 0.15) is 59.6 Å². The van der Waals surface area contributed by atoms with Gasteiger partial charge in [0.15, 0.2) is 9.84 Å². The summed E-state index contributed by atoms with van der Waals surface area (Å²) in [7, 11) is -3.29. The zero-order chi connectivity index (χ0) is 24.4. The fraction of sp³-hybridized carbons (Fsp3) is 0.357. The molecule has 0 aliphatic carbocycles. The maximum atomic E-state index is 12.3. The lowest BCUT2D eigenvalue weighted by Gasteiger charge is -2.27. The summed E-state index contributed by atoms with van der Waals surface area (Å²) in [5.41, 5.74) is 1.94. The normalized spacial score (nSPS) is 12.6. The van der Waals surface area contributed by atoms with Gasteiger partial charge in [-0.25, -0.2) is 8.42 Å². The average Bonchev–Trinajstić information content (AvgIpc) is 2.74. The van der Waals surface area contributed by atoms with Crippen molar-refractivity contribution in [2.24, 2.45) is 0 Å². The molecular formula is C28H34O4S. The van der Waals surface area contributed by atoms with Crippen LogP contribution in [0, 0.1) is 0 Å². The van der Waals surface area contributed by atoms with Crippen LogP contribution in [0.4, 0.5) is 0 Å². The highest BCUT2D eigenvalue weighted by Crippen LogP contribution is 2.34. The standard InChI is InChI=1S/C28H34O4S/c1-20(2)33(29,30)26-18-16-24(17-19-26)31-23-12-8-21(9-13-23)28(6,7)22-10-14-25(15-11-22)32-27(3,4)5/h8-20H,1-7H3. The third-order valence-electron chi connectivity index (χ3n) is 5.58. The molecule has 0 N–H and O–H groups in total. The first-order valence-electron chi connectivity index (χ1n) is 11.2. The molecule has 0 aliphatic heterocycles. The maximum absolute atomic E-state index is 12.3. The van der Waals surface area contributed by atoms with Crippen LogP contribution in [0.25, 0.3) is 0 Å². The number of rotatable bonds is 7. The number of sulfone groups is 1. The zero-order valence-electron chi connectivity index (χ0n) is 20.5. The number of hydrogen-bond donors (Lipinski definition) is 0. The Labute approximate surface area is 198 Å². The molecule has 5 heteroatoms. The van der Waals surface area contributed by atoms with Crippen molar-refractivity contribution in [3.8, 4) is 17.2 Å². The first-order chi connectivity index (χ1) is 15.3. The van der Waals surface area contributed by atoms with Crippen LogP contribution in [0.5, 0.6) is 17.2 Å². The van der Waals surface area contributed by atoms with Gasteiger partial charge in [-0.2, -0.15) is 0 Å². The first-order valence-corrected chi connectivity index (χ1v) is 12.8. The smallest absolute Gasteiger partial charge is 0.180 e. The molecule has 0 saturated heterocycles. The predicted octanol–water partition coefficient (Wildman–Crippen LogP) is 7.16. The SMILES string of the molecule is CC(C)S(=O)(=O)c1ccc(Oc2ccc(C(C)(C)c3ccc(OC(C)(C)C)cc3)cc2)cc1. The highest BCUT2D eigenvalue weighted by molar-refractivity contribution is 7.92. The molecule has 3 aromatic carbocycles. The van der Waals surface area contributed by atoms with Crippen molar-refractivity contribution in [3.63, 3.8) is 0 Å². The van der Waals surface area contributed by atoms with E-state index in [9.17, 15) is 8.42 Å². The molecule has 4 nitrogen and oxygen atoms in total. The van der Waals surface area contributed by atoms with E-state index in [0.29, 0.717) is 16.4 Å². The van der Waals surface area contributed by atoms with Crippen LogP contribution in [0.3, 0.4) is 0 Å². The van der Waals surface area contributed by atoms with E-state index in [1.807, 2.05) is 45.0 Å². The molecule has 0 saturated carbocycles. The van der Waals surface area contributed by atoms with Crippen molar-refractivity contribution in [1.29, 1.82) is 0 Å². The van der Waals surface area contributed by atoms with Crippen molar-refractivity contribution >= 4 is 9.84 Å². The summed E-state index contributed by atoms with van der Waals surface area (Å²) < 4.78 is 36.4. The van der Waals surface area contributed by atoms with Crippen molar-refractivity contribution in [3.05, 3.63) is 83.9 Å². The lowest BCUT2D eigenvalue weighted by atomic mass is 9.78. The molecule has 0 unspecified atom stereocenters. The molecule has 3 aromatic rings. The van der Waals surface area contributed by atoms with Gasteiger partial charge in [0.2, 0.25) is 0 Å². The predicted molar refractivity (Wildman–Crippen MR) is 134 cm³/mol. The van der Waals surface area contributed by atoms with E-state index in [0.717, 1.165) is 11.3 Å². The van der Waals surface area contributed by atoms with E-state index in [1.54, 1.807) is 38.1 Å². The molecular weight excluding hydrogens is 432 g/mol. The Bertz CT molecular complexity index is 1170. The third-order valence-corrected chi connectivity index (χ3v) is 7.76. The number of hydrogen-bond acceptors (Lipinski definition) is 4. The largest absolute Gasteiger partial charge is 0.488 e. The molecule has 3 rings (SSSR count). The van der Waals surface area contributed by atoms with Crippen molar-refractivity contribution in [2.75, 3.05) is 0 Å². The van der Waals surface area contributed by atoms with Gasteiger partial charge in [-0.1, -0.05) is 38.1 Å². The lowest BCUT2D eigenvalue weighted by Crippen LogP contribution is -2.23. The second kappa shape index (κ2) is 9.22. The highest BCUT2D eigenvalue weighted by atomic mass is 32.2. The monoisotopic (exact) mass is 466 g/mol. The molecule has 0 fully saturated rings. The molecule has 33 heavy (non-hydrogen) atoms. The van der Waals surface area contributed by atoms with E-state index >= 15 is 0 Å². The van der Waals surface area contributed by atoms with Crippen LogP contribution >= 0.6 is 0 Å². The first kappa shape index (κ1) is 24.8. The molecule has 0 heterocycles. The molecule has 0 bridgehead atoms. The van der Waals surface area contributed by atoms with E-state index in [-0.39, 0.29) is 11.0 Å². The number of benzene rings is 3. The second-order valence-electron chi connectivity index (χ2n) is 10.1. The summed E-state index contributed by atoms with van der Waals surface area (Å²) in [5.74, 6) is 2.15. The molecule has 0 aromatic heterocycles. The topological polar surface area (TPSA) is 52.6 Å². The fourth-order valence-electron chi connectivity index (χ4n) is 3.51. The van der Waals surface area contributed by atoms with Gasteiger partial charge >= 0.3 is 0 Å². The summed E-state index contributed by atoms with van der Waals surface area (Å²) in [5, 5.41) is -0.456. The van der Waals surface area contributed by atoms with Gasteiger partial charge in [0, 0.05) is 5.41 Å². The Morgan fingerprint density at radius 3 is 1.42 bits per heavy atom. The molecule has 176 valence electrons.